The van der Waals surface area contributed by atoms with E-state index in [0.717, 1.165) is 36.6 Å². The molecular formula is C14H21NO2. The Kier molecular flexibility index (Phi) is 6.18. The summed E-state index contributed by atoms with van der Waals surface area (Å²) in [6.45, 7) is 4.12. The average Bonchev–Trinajstić information content (AvgIpc) is 2.38. The lowest BCUT2D eigenvalue weighted by molar-refractivity contribution is 0.402. The van der Waals surface area contributed by atoms with E-state index in [2.05, 4.69) is 24.4 Å². The maximum atomic E-state index is 5.30. The Morgan fingerprint density at radius 1 is 1.24 bits per heavy atom. The number of benzene rings is 1. The molecule has 0 amide bonds. The second-order valence-electron chi connectivity index (χ2n) is 3.65. The van der Waals surface area contributed by atoms with E-state index in [0.29, 0.717) is 0 Å². The van der Waals surface area contributed by atoms with E-state index < -0.39 is 0 Å². The van der Waals surface area contributed by atoms with E-state index in [1.165, 1.54) is 0 Å². The Labute approximate surface area is 103 Å². The molecule has 0 saturated carbocycles. The first kappa shape index (κ1) is 13.6. The van der Waals surface area contributed by atoms with Crippen molar-refractivity contribution in [1.82, 2.24) is 5.32 Å². The molecule has 0 aliphatic heterocycles. The molecule has 94 valence electrons. The van der Waals surface area contributed by atoms with Gasteiger partial charge in [0.25, 0.3) is 0 Å². The fourth-order valence-electron chi connectivity index (χ4n) is 1.54. The highest BCUT2D eigenvalue weighted by Crippen LogP contribution is 2.25. The monoisotopic (exact) mass is 235 g/mol. The van der Waals surface area contributed by atoms with Crippen molar-refractivity contribution in [2.75, 3.05) is 27.3 Å². The second-order valence-corrected chi connectivity index (χ2v) is 3.65. The number of hydrogen-bond acceptors (Lipinski definition) is 3. The molecule has 1 rings (SSSR count). The van der Waals surface area contributed by atoms with Crippen LogP contribution in [0.3, 0.4) is 0 Å². The Bertz CT molecular complexity index is 361. The lowest BCUT2D eigenvalue weighted by Crippen LogP contribution is -2.12. The molecule has 0 aliphatic rings. The quantitative estimate of drug-likeness (QED) is 0.737. The second kappa shape index (κ2) is 7.74. The first-order valence-electron chi connectivity index (χ1n) is 5.91. The number of methoxy groups -OCH3 is 2. The molecule has 17 heavy (non-hydrogen) atoms. The number of hydrogen-bond donors (Lipinski definition) is 1. The van der Waals surface area contributed by atoms with Crippen molar-refractivity contribution in [2.45, 2.75) is 13.3 Å². The summed E-state index contributed by atoms with van der Waals surface area (Å²) in [5, 5.41) is 3.28. The molecule has 0 aromatic heterocycles. The summed E-state index contributed by atoms with van der Waals surface area (Å²) in [7, 11) is 3.35. The zero-order chi connectivity index (χ0) is 12.5. The molecule has 0 radical (unpaired) electrons. The van der Waals surface area contributed by atoms with Gasteiger partial charge in [0.15, 0.2) is 0 Å². The van der Waals surface area contributed by atoms with Gasteiger partial charge in [-0.15, -0.1) is 0 Å². The lowest BCUT2D eigenvalue weighted by atomic mass is 10.1. The van der Waals surface area contributed by atoms with Crippen molar-refractivity contribution in [3.63, 3.8) is 0 Å². The minimum Gasteiger partial charge on any atom is -0.497 e. The van der Waals surface area contributed by atoms with Crippen LogP contribution in [0, 0.1) is 0 Å². The Hall–Kier alpha value is -1.48. The van der Waals surface area contributed by atoms with Crippen LogP contribution in [0.2, 0.25) is 0 Å². The Morgan fingerprint density at radius 2 is 2.06 bits per heavy atom. The Morgan fingerprint density at radius 3 is 2.71 bits per heavy atom. The van der Waals surface area contributed by atoms with Crippen LogP contribution in [0.15, 0.2) is 24.3 Å². The first-order valence-corrected chi connectivity index (χ1v) is 5.91. The van der Waals surface area contributed by atoms with Crippen LogP contribution in [0.5, 0.6) is 11.5 Å². The molecule has 0 saturated heterocycles. The number of nitrogens with one attached hydrogen (secondary N) is 1. The SMILES string of the molecule is CCNCCC=Cc1cc(OC)ccc1OC. The molecule has 1 aromatic rings. The van der Waals surface area contributed by atoms with Gasteiger partial charge in [-0.25, -0.2) is 0 Å². The lowest BCUT2D eigenvalue weighted by Gasteiger charge is -2.07. The molecule has 0 fully saturated rings. The zero-order valence-electron chi connectivity index (χ0n) is 10.8. The van der Waals surface area contributed by atoms with E-state index in [4.69, 9.17) is 9.47 Å². The van der Waals surface area contributed by atoms with Crippen LogP contribution in [0.1, 0.15) is 18.9 Å². The molecule has 0 bridgehead atoms. The summed E-state index contributed by atoms with van der Waals surface area (Å²) in [6.07, 6.45) is 5.22. The minimum absolute atomic E-state index is 0.845. The highest BCUT2D eigenvalue weighted by molar-refractivity contribution is 5.59. The van der Waals surface area contributed by atoms with Gasteiger partial charge in [-0.1, -0.05) is 19.1 Å². The standard InChI is InChI=1S/C14H21NO2/c1-4-15-10-6-5-7-12-11-13(16-2)8-9-14(12)17-3/h5,7-9,11,15H,4,6,10H2,1-3H3. The summed E-state index contributed by atoms with van der Waals surface area (Å²) in [4.78, 5) is 0. The van der Waals surface area contributed by atoms with Gasteiger partial charge in [-0.05, 0) is 37.7 Å². The fourth-order valence-corrected chi connectivity index (χ4v) is 1.54. The fraction of sp³-hybridized carbons (Fsp3) is 0.429. The normalized spacial score (nSPS) is 10.8. The van der Waals surface area contributed by atoms with E-state index in [-0.39, 0.29) is 0 Å². The van der Waals surface area contributed by atoms with Crippen molar-refractivity contribution in [1.29, 1.82) is 0 Å². The van der Waals surface area contributed by atoms with E-state index in [1.54, 1.807) is 14.2 Å². The third-order valence-corrected chi connectivity index (χ3v) is 2.47. The van der Waals surface area contributed by atoms with Crippen LogP contribution in [0.4, 0.5) is 0 Å². The molecule has 0 spiro atoms. The maximum Gasteiger partial charge on any atom is 0.126 e. The topological polar surface area (TPSA) is 30.5 Å². The van der Waals surface area contributed by atoms with Crippen molar-refractivity contribution in [2.24, 2.45) is 0 Å². The van der Waals surface area contributed by atoms with Crippen LogP contribution < -0.4 is 14.8 Å². The zero-order valence-corrected chi connectivity index (χ0v) is 10.8. The van der Waals surface area contributed by atoms with Crippen LogP contribution in [0.25, 0.3) is 6.08 Å². The van der Waals surface area contributed by atoms with Gasteiger partial charge in [0, 0.05) is 5.56 Å². The molecule has 0 aliphatic carbocycles. The predicted octanol–water partition coefficient (Wildman–Crippen LogP) is 2.72. The molecular weight excluding hydrogens is 214 g/mol. The summed E-state index contributed by atoms with van der Waals surface area (Å²) in [6, 6.07) is 5.79. The summed E-state index contributed by atoms with van der Waals surface area (Å²) >= 11 is 0. The first-order chi connectivity index (χ1) is 8.31. The summed E-state index contributed by atoms with van der Waals surface area (Å²) in [5.74, 6) is 1.71. The van der Waals surface area contributed by atoms with Crippen molar-refractivity contribution in [3.05, 3.63) is 29.8 Å². The third kappa shape index (κ3) is 4.49. The van der Waals surface area contributed by atoms with Gasteiger partial charge in [-0.2, -0.15) is 0 Å². The van der Waals surface area contributed by atoms with E-state index in [1.807, 2.05) is 18.2 Å². The number of rotatable bonds is 7. The van der Waals surface area contributed by atoms with Crippen molar-refractivity contribution in [3.8, 4) is 11.5 Å². The maximum absolute atomic E-state index is 5.30. The van der Waals surface area contributed by atoms with Gasteiger partial charge in [-0.3, -0.25) is 0 Å². The molecule has 0 heterocycles. The molecule has 0 unspecified atom stereocenters. The van der Waals surface area contributed by atoms with E-state index >= 15 is 0 Å². The van der Waals surface area contributed by atoms with Gasteiger partial charge < -0.3 is 14.8 Å². The summed E-state index contributed by atoms with van der Waals surface area (Å²) in [5.41, 5.74) is 1.04. The third-order valence-electron chi connectivity index (χ3n) is 2.47. The largest absolute Gasteiger partial charge is 0.497 e. The van der Waals surface area contributed by atoms with E-state index in [9.17, 15) is 0 Å². The smallest absolute Gasteiger partial charge is 0.126 e. The van der Waals surface area contributed by atoms with Gasteiger partial charge in [0.2, 0.25) is 0 Å². The highest BCUT2D eigenvalue weighted by atomic mass is 16.5. The average molecular weight is 235 g/mol. The van der Waals surface area contributed by atoms with Gasteiger partial charge >= 0.3 is 0 Å². The van der Waals surface area contributed by atoms with Gasteiger partial charge in [0.1, 0.15) is 11.5 Å². The molecule has 3 nitrogen and oxygen atoms in total. The van der Waals surface area contributed by atoms with Crippen molar-refractivity contribution < 1.29 is 9.47 Å². The van der Waals surface area contributed by atoms with Crippen LogP contribution >= 0.6 is 0 Å². The molecule has 3 heteroatoms. The number of ether oxygens (including phenoxy) is 2. The van der Waals surface area contributed by atoms with Crippen LogP contribution in [-0.4, -0.2) is 27.3 Å². The molecule has 1 aromatic carbocycles. The highest BCUT2D eigenvalue weighted by Gasteiger charge is 2.01. The van der Waals surface area contributed by atoms with Gasteiger partial charge in [0.05, 0.1) is 14.2 Å². The van der Waals surface area contributed by atoms with Crippen LogP contribution in [-0.2, 0) is 0 Å². The summed E-state index contributed by atoms with van der Waals surface area (Å²) < 4.78 is 10.5. The van der Waals surface area contributed by atoms with Crippen molar-refractivity contribution >= 4 is 6.08 Å². The molecule has 1 N–H and O–H groups in total. The predicted molar refractivity (Wildman–Crippen MR) is 71.7 cm³/mol. The minimum atomic E-state index is 0.845. The molecule has 0 atom stereocenters. The Balaban J connectivity index is 2.66.